The van der Waals surface area contributed by atoms with Crippen molar-refractivity contribution in [3.63, 3.8) is 0 Å². The molecule has 2 heteroatoms. The Hall–Kier alpha value is -6.90. The third-order valence-electron chi connectivity index (χ3n) is 10.3. The predicted molar refractivity (Wildman–Crippen MR) is 223 cm³/mol. The fraction of sp³-hybridized carbons (Fsp3) is 0. The quantitative estimate of drug-likeness (QED) is 0.164. The van der Waals surface area contributed by atoms with Gasteiger partial charge in [0.15, 0.2) is 0 Å². The van der Waals surface area contributed by atoms with Crippen molar-refractivity contribution >= 4 is 88.0 Å². The number of para-hydroxylation sites is 2. The third-order valence-corrected chi connectivity index (χ3v) is 10.3. The van der Waals surface area contributed by atoms with E-state index >= 15 is 0 Å². The van der Waals surface area contributed by atoms with E-state index in [9.17, 15) is 0 Å². The number of fused-ring (bicyclic) bond motifs is 7. The molecule has 0 spiro atoms. The second kappa shape index (κ2) is 12.5. The van der Waals surface area contributed by atoms with Crippen LogP contribution in [0.2, 0.25) is 0 Å². The lowest BCUT2D eigenvalue weighted by atomic mass is 9.95. The van der Waals surface area contributed by atoms with Crippen molar-refractivity contribution in [2.45, 2.75) is 0 Å². The van der Waals surface area contributed by atoms with Crippen LogP contribution in [-0.2, 0) is 0 Å². The molecule has 0 radical (unpaired) electrons. The maximum Gasteiger partial charge on any atom is 0.0540 e. The topological polar surface area (TPSA) is 6.48 Å². The van der Waals surface area contributed by atoms with Crippen LogP contribution in [0.15, 0.2) is 206 Å². The van der Waals surface area contributed by atoms with Crippen molar-refractivity contribution in [3.05, 3.63) is 206 Å². The van der Waals surface area contributed by atoms with Crippen molar-refractivity contribution in [2.75, 3.05) is 9.80 Å². The van der Waals surface area contributed by atoms with Gasteiger partial charge in [0.05, 0.1) is 5.69 Å². The molecule has 0 heterocycles. The summed E-state index contributed by atoms with van der Waals surface area (Å²) in [4.78, 5) is 4.76. The molecular formula is C50H34N2. The van der Waals surface area contributed by atoms with Crippen LogP contribution >= 0.6 is 0 Å². The zero-order chi connectivity index (χ0) is 34.4. The molecule has 0 aromatic heterocycles. The van der Waals surface area contributed by atoms with Gasteiger partial charge in [-0.3, -0.25) is 0 Å². The first-order chi connectivity index (χ1) is 25.8. The highest BCUT2D eigenvalue weighted by molar-refractivity contribution is 6.20. The van der Waals surface area contributed by atoms with Gasteiger partial charge in [0.1, 0.15) is 0 Å². The average Bonchev–Trinajstić information content (AvgIpc) is 3.21. The van der Waals surface area contributed by atoms with Crippen LogP contribution in [0, 0.1) is 0 Å². The molecule has 0 amide bonds. The summed E-state index contributed by atoms with van der Waals surface area (Å²) >= 11 is 0. The molecule has 2 nitrogen and oxygen atoms in total. The van der Waals surface area contributed by atoms with Gasteiger partial charge in [-0.2, -0.15) is 0 Å². The molecule has 10 aromatic carbocycles. The van der Waals surface area contributed by atoms with Crippen LogP contribution in [0.3, 0.4) is 0 Å². The van der Waals surface area contributed by atoms with E-state index in [0.29, 0.717) is 0 Å². The Morgan fingerprint density at radius 3 is 1.31 bits per heavy atom. The van der Waals surface area contributed by atoms with Gasteiger partial charge in [-0.25, -0.2) is 0 Å². The number of rotatable bonds is 6. The van der Waals surface area contributed by atoms with E-state index < -0.39 is 0 Å². The first-order valence-electron chi connectivity index (χ1n) is 17.8. The van der Waals surface area contributed by atoms with E-state index in [1.54, 1.807) is 0 Å². The Morgan fingerprint density at radius 2 is 0.654 bits per heavy atom. The number of hydrogen-bond donors (Lipinski definition) is 0. The second-order valence-corrected chi connectivity index (χ2v) is 13.4. The SMILES string of the molecule is c1ccc(N(c2ccc3ccccc3c2)c2ccc3ccc4c5cccc(N(c6ccccc6)c6ccc7ccccc7c6)c5ccc4c3c2)cc1. The minimum absolute atomic E-state index is 1.13. The summed E-state index contributed by atoms with van der Waals surface area (Å²) in [5.41, 5.74) is 6.80. The molecule has 0 saturated carbocycles. The smallest absolute Gasteiger partial charge is 0.0540 e. The Bertz CT molecular complexity index is 2910. The van der Waals surface area contributed by atoms with E-state index in [-0.39, 0.29) is 0 Å². The Balaban J connectivity index is 1.16. The molecule has 0 unspecified atom stereocenters. The summed E-state index contributed by atoms with van der Waals surface area (Å²) in [7, 11) is 0. The van der Waals surface area contributed by atoms with Crippen molar-refractivity contribution in [3.8, 4) is 0 Å². The Morgan fingerprint density at radius 1 is 0.212 bits per heavy atom. The minimum Gasteiger partial charge on any atom is -0.310 e. The monoisotopic (exact) mass is 662 g/mol. The van der Waals surface area contributed by atoms with Crippen LogP contribution in [0.4, 0.5) is 34.1 Å². The van der Waals surface area contributed by atoms with Crippen LogP contribution in [0.25, 0.3) is 53.9 Å². The van der Waals surface area contributed by atoms with Gasteiger partial charge in [-0.15, -0.1) is 0 Å². The van der Waals surface area contributed by atoms with Gasteiger partial charge in [0.25, 0.3) is 0 Å². The van der Waals surface area contributed by atoms with Gasteiger partial charge < -0.3 is 9.80 Å². The first-order valence-corrected chi connectivity index (χ1v) is 17.8. The van der Waals surface area contributed by atoms with Crippen LogP contribution in [-0.4, -0.2) is 0 Å². The standard InChI is InChI=1S/C50H34N2/c1-3-16-40(17-4-1)51(42-26-22-35-12-7-9-14-38(35)32-42)44-28-24-37-25-29-46-45-20-11-21-50(48(45)31-30-47(46)49(37)34-44)52(41-18-5-2-6-19-41)43-27-23-36-13-8-10-15-39(36)33-43/h1-34H. The Kier molecular flexibility index (Phi) is 7.18. The molecule has 10 rings (SSSR count). The van der Waals surface area contributed by atoms with E-state index in [1.807, 2.05) is 0 Å². The minimum atomic E-state index is 1.13. The van der Waals surface area contributed by atoms with Crippen molar-refractivity contribution in [1.82, 2.24) is 0 Å². The maximum atomic E-state index is 2.39. The van der Waals surface area contributed by atoms with Gasteiger partial charge in [-0.1, -0.05) is 140 Å². The van der Waals surface area contributed by atoms with E-state index in [0.717, 1.165) is 34.1 Å². The zero-order valence-corrected chi connectivity index (χ0v) is 28.5. The third kappa shape index (κ3) is 5.12. The number of benzene rings is 10. The summed E-state index contributed by atoms with van der Waals surface area (Å²) in [6.45, 7) is 0. The molecule has 0 bridgehead atoms. The molecule has 0 atom stereocenters. The zero-order valence-electron chi connectivity index (χ0n) is 28.5. The normalized spacial score (nSPS) is 11.5. The number of nitrogens with zero attached hydrogens (tertiary/aromatic N) is 2. The van der Waals surface area contributed by atoms with Gasteiger partial charge in [0, 0.05) is 33.8 Å². The number of hydrogen-bond acceptors (Lipinski definition) is 2. The second-order valence-electron chi connectivity index (χ2n) is 13.4. The summed E-state index contributed by atoms with van der Waals surface area (Å²) in [5.74, 6) is 0. The molecule has 0 N–H and O–H groups in total. The molecule has 0 aliphatic rings. The molecule has 0 saturated heterocycles. The van der Waals surface area contributed by atoms with E-state index in [4.69, 9.17) is 0 Å². The number of anilines is 6. The summed E-state index contributed by atoms with van der Waals surface area (Å²) in [6, 6.07) is 74.8. The highest BCUT2D eigenvalue weighted by atomic mass is 15.1. The van der Waals surface area contributed by atoms with Gasteiger partial charge in [-0.05, 0) is 115 Å². The van der Waals surface area contributed by atoms with E-state index in [1.165, 1.54) is 53.9 Å². The Labute approximate surface area is 303 Å². The van der Waals surface area contributed by atoms with Crippen LogP contribution in [0.5, 0.6) is 0 Å². The predicted octanol–water partition coefficient (Wildman–Crippen LogP) is 14.4. The molecule has 10 aromatic rings. The van der Waals surface area contributed by atoms with Crippen molar-refractivity contribution in [2.24, 2.45) is 0 Å². The average molecular weight is 663 g/mol. The molecular weight excluding hydrogens is 629 g/mol. The summed E-state index contributed by atoms with van der Waals surface area (Å²) < 4.78 is 0. The fourth-order valence-corrected chi connectivity index (χ4v) is 7.87. The maximum absolute atomic E-state index is 2.39. The summed E-state index contributed by atoms with van der Waals surface area (Å²) in [5, 5.41) is 12.3. The lowest BCUT2D eigenvalue weighted by Crippen LogP contribution is -2.10. The fourth-order valence-electron chi connectivity index (χ4n) is 7.87. The molecule has 52 heavy (non-hydrogen) atoms. The molecule has 0 aliphatic carbocycles. The molecule has 244 valence electrons. The van der Waals surface area contributed by atoms with Gasteiger partial charge >= 0.3 is 0 Å². The van der Waals surface area contributed by atoms with E-state index in [2.05, 4.69) is 216 Å². The summed E-state index contributed by atoms with van der Waals surface area (Å²) in [6.07, 6.45) is 0. The van der Waals surface area contributed by atoms with Crippen molar-refractivity contribution in [1.29, 1.82) is 0 Å². The van der Waals surface area contributed by atoms with Crippen LogP contribution < -0.4 is 9.80 Å². The highest BCUT2D eigenvalue weighted by Crippen LogP contribution is 2.43. The van der Waals surface area contributed by atoms with Gasteiger partial charge in [0.2, 0.25) is 0 Å². The van der Waals surface area contributed by atoms with Crippen molar-refractivity contribution < 1.29 is 0 Å². The largest absolute Gasteiger partial charge is 0.310 e. The first kappa shape index (κ1) is 30.0. The molecule has 0 aliphatic heterocycles. The highest BCUT2D eigenvalue weighted by Gasteiger charge is 2.18. The van der Waals surface area contributed by atoms with Crippen LogP contribution in [0.1, 0.15) is 0 Å². The lowest BCUT2D eigenvalue weighted by Gasteiger charge is -2.27. The molecule has 0 fully saturated rings. The lowest BCUT2D eigenvalue weighted by molar-refractivity contribution is 1.29.